The fraction of sp³-hybridized carbons (Fsp3) is 0.857. The van der Waals surface area contributed by atoms with Crippen molar-refractivity contribution in [2.75, 3.05) is 27.2 Å². The Morgan fingerprint density at radius 2 is 2.27 bits per heavy atom. The highest BCUT2D eigenvalue weighted by atomic mass is 16.5. The lowest BCUT2D eigenvalue weighted by Crippen LogP contribution is -2.34. The number of ether oxygens (including phenoxy) is 1. The zero-order valence-electron chi connectivity index (χ0n) is 6.91. The quantitative estimate of drug-likeness (QED) is 0.500. The van der Waals surface area contributed by atoms with Gasteiger partial charge in [0.1, 0.15) is 0 Å². The molecule has 0 bridgehead atoms. The molecule has 0 saturated carbocycles. The monoisotopic (exact) mass is 158 g/mol. The average molecular weight is 158 g/mol. The highest BCUT2D eigenvalue weighted by Gasteiger charge is 2.34. The molecular formula is C7H14N2O2. The largest absolute Gasteiger partial charge is 0.469 e. The topological polar surface area (TPSA) is 55.6 Å². The first-order valence-electron chi connectivity index (χ1n) is 3.67. The average Bonchev–Trinajstić information content (AvgIpc) is 2.28. The molecule has 4 nitrogen and oxygen atoms in total. The smallest absolute Gasteiger partial charge is 0.311 e. The van der Waals surface area contributed by atoms with Gasteiger partial charge in [0.15, 0.2) is 0 Å². The lowest BCUT2D eigenvalue weighted by atomic mass is 10.1. The van der Waals surface area contributed by atoms with Crippen LogP contribution in [0, 0.1) is 5.92 Å². The Kier molecular flexibility index (Phi) is 2.46. The Balaban J connectivity index is 2.52. The number of likely N-dealkylation sites (tertiary alicyclic amines) is 1. The van der Waals surface area contributed by atoms with E-state index in [1.165, 1.54) is 7.11 Å². The highest BCUT2D eigenvalue weighted by Crippen LogP contribution is 2.14. The van der Waals surface area contributed by atoms with Gasteiger partial charge in [-0.15, -0.1) is 0 Å². The van der Waals surface area contributed by atoms with Crippen molar-refractivity contribution in [3.8, 4) is 0 Å². The summed E-state index contributed by atoms with van der Waals surface area (Å²) in [6.07, 6.45) is 0. The van der Waals surface area contributed by atoms with Gasteiger partial charge in [0.25, 0.3) is 0 Å². The van der Waals surface area contributed by atoms with Crippen LogP contribution in [-0.2, 0) is 9.53 Å². The van der Waals surface area contributed by atoms with Gasteiger partial charge in [-0.3, -0.25) is 4.79 Å². The summed E-state index contributed by atoms with van der Waals surface area (Å²) < 4.78 is 4.61. The minimum absolute atomic E-state index is 0.0625. The van der Waals surface area contributed by atoms with Crippen LogP contribution in [0.5, 0.6) is 0 Å². The van der Waals surface area contributed by atoms with E-state index in [0.717, 1.165) is 6.54 Å². The number of methoxy groups -OCH3 is 1. The maximum atomic E-state index is 11.0. The van der Waals surface area contributed by atoms with Crippen LogP contribution in [0.15, 0.2) is 0 Å². The van der Waals surface area contributed by atoms with Crippen LogP contribution < -0.4 is 5.73 Å². The van der Waals surface area contributed by atoms with Crippen molar-refractivity contribution in [1.82, 2.24) is 4.90 Å². The minimum Gasteiger partial charge on any atom is -0.469 e. The van der Waals surface area contributed by atoms with E-state index < -0.39 is 0 Å². The van der Waals surface area contributed by atoms with Crippen LogP contribution in [-0.4, -0.2) is 44.2 Å². The third-order valence-corrected chi connectivity index (χ3v) is 2.05. The fourth-order valence-electron chi connectivity index (χ4n) is 1.43. The standard InChI is InChI=1S/C7H14N2O2/c1-9-3-5(6(8)4-9)7(10)11-2/h5-6H,3-4,8H2,1-2H3/t5-,6-/m1/s1. The Hall–Kier alpha value is -0.610. The molecule has 0 aliphatic carbocycles. The van der Waals surface area contributed by atoms with Gasteiger partial charge in [-0.2, -0.15) is 0 Å². The van der Waals surface area contributed by atoms with E-state index in [1.54, 1.807) is 0 Å². The van der Waals surface area contributed by atoms with Crippen LogP contribution >= 0.6 is 0 Å². The number of carbonyl (C=O) groups is 1. The molecule has 0 spiro atoms. The molecular weight excluding hydrogens is 144 g/mol. The zero-order chi connectivity index (χ0) is 8.43. The molecule has 0 aromatic rings. The molecule has 0 radical (unpaired) electrons. The van der Waals surface area contributed by atoms with Crippen molar-refractivity contribution in [3.63, 3.8) is 0 Å². The van der Waals surface area contributed by atoms with E-state index >= 15 is 0 Å². The second-order valence-electron chi connectivity index (χ2n) is 3.01. The van der Waals surface area contributed by atoms with Crippen molar-refractivity contribution in [3.05, 3.63) is 0 Å². The highest BCUT2D eigenvalue weighted by molar-refractivity contribution is 5.73. The molecule has 0 aromatic carbocycles. The third kappa shape index (κ3) is 1.70. The van der Waals surface area contributed by atoms with Gasteiger partial charge >= 0.3 is 5.97 Å². The molecule has 1 aliphatic heterocycles. The number of likely N-dealkylation sites (N-methyl/N-ethyl adjacent to an activating group) is 1. The van der Waals surface area contributed by atoms with Crippen molar-refractivity contribution >= 4 is 5.97 Å². The predicted molar refractivity (Wildman–Crippen MR) is 41.0 cm³/mol. The van der Waals surface area contributed by atoms with Gasteiger partial charge in [-0.05, 0) is 7.05 Å². The SMILES string of the molecule is COC(=O)[C@@H]1CN(C)C[C@H]1N. The molecule has 1 heterocycles. The molecule has 2 N–H and O–H groups in total. The normalized spacial score (nSPS) is 32.3. The summed E-state index contributed by atoms with van der Waals surface area (Å²) in [6.45, 7) is 1.49. The second kappa shape index (κ2) is 3.19. The molecule has 11 heavy (non-hydrogen) atoms. The maximum absolute atomic E-state index is 11.0. The summed E-state index contributed by atoms with van der Waals surface area (Å²) in [5.41, 5.74) is 5.70. The van der Waals surface area contributed by atoms with Crippen LogP contribution in [0.3, 0.4) is 0 Å². The minimum atomic E-state index is -0.193. The number of hydrogen-bond donors (Lipinski definition) is 1. The molecule has 0 unspecified atom stereocenters. The van der Waals surface area contributed by atoms with Gasteiger partial charge in [-0.25, -0.2) is 0 Å². The van der Waals surface area contributed by atoms with Crippen LogP contribution in [0.4, 0.5) is 0 Å². The molecule has 0 aromatic heterocycles. The van der Waals surface area contributed by atoms with E-state index in [-0.39, 0.29) is 17.9 Å². The first-order chi connectivity index (χ1) is 5.15. The first-order valence-corrected chi connectivity index (χ1v) is 3.67. The van der Waals surface area contributed by atoms with Gasteiger partial charge in [0, 0.05) is 19.1 Å². The summed E-state index contributed by atoms with van der Waals surface area (Å²) in [6, 6.07) is -0.0625. The number of nitrogens with zero attached hydrogens (tertiary/aromatic N) is 1. The number of nitrogens with two attached hydrogens (primary N) is 1. The predicted octanol–water partition coefficient (Wildman–Crippen LogP) is -0.952. The number of carbonyl (C=O) groups excluding carboxylic acids is 1. The Bertz CT molecular complexity index is 161. The van der Waals surface area contributed by atoms with Crippen molar-refractivity contribution in [1.29, 1.82) is 0 Å². The lowest BCUT2D eigenvalue weighted by Gasteiger charge is -2.10. The van der Waals surface area contributed by atoms with E-state index in [1.807, 2.05) is 11.9 Å². The van der Waals surface area contributed by atoms with Crippen molar-refractivity contribution in [2.24, 2.45) is 11.7 Å². The molecule has 1 aliphatic rings. The van der Waals surface area contributed by atoms with Crippen molar-refractivity contribution < 1.29 is 9.53 Å². The molecule has 64 valence electrons. The van der Waals surface area contributed by atoms with E-state index in [4.69, 9.17) is 5.73 Å². The number of esters is 1. The maximum Gasteiger partial charge on any atom is 0.311 e. The lowest BCUT2D eigenvalue weighted by molar-refractivity contribution is -0.145. The third-order valence-electron chi connectivity index (χ3n) is 2.05. The molecule has 2 atom stereocenters. The van der Waals surface area contributed by atoms with Crippen LogP contribution in [0.1, 0.15) is 0 Å². The first kappa shape index (κ1) is 8.49. The zero-order valence-corrected chi connectivity index (χ0v) is 6.91. The summed E-state index contributed by atoms with van der Waals surface area (Å²) in [7, 11) is 3.34. The fourth-order valence-corrected chi connectivity index (χ4v) is 1.43. The summed E-state index contributed by atoms with van der Waals surface area (Å²) in [5, 5.41) is 0. The molecule has 1 saturated heterocycles. The van der Waals surface area contributed by atoms with E-state index in [0.29, 0.717) is 6.54 Å². The van der Waals surface area contributed by atoms with E-state index in [2.05, 4.69) is 4.74 Å². The van der Waals surface area contributed by atoms with Gasteiger partial charge in [-0.1, -0.05) is 0 Å². The molecule has 4 heteroatoms. The van der Waals surface area contributed by atoms with Gasteiger partial charge in [0.05, 0.1) is 13.0 Å². The number of hydrogen-bond acceptors (Lipinski definition) is 4. The van der Waals surface area contributed by atoms with Gasteiger partial charge in [0.2, 0.25) is 0 Å². The summed E-state index contributed by atoms with van der Waals surface area (Å²) in [4.78, 5) is 13.1. The molecule has 1 fully saturated rings. The van der Waals surface area contributed by atoms with Crippen LogP contribution in [0.25, 0.3) is 0 Å². The Morgan fingerprint density at radius 1 is 1.64 bits per heavy atom. The van der Waals surface area contributed by atoms with Gasteiger partial charge < -0.3 is 15.4 Å². The molecule has 0 amide bonds. The van der Waals surface area contributed by atoms with E-state index in [9.17, 15) is 4.79 Å². The second-order valence-corrected chi connectivity index (χ2v) is 3.01. The molecule has 1 rings (SSSR count). The summed E-state index contributed by atoms with van der Waals surface area (Å²) in [5.74, 6) is -0.327. The summed E-state index contributed by atoms with van der Waals surface area (Å²) >= 11 is 0. The number of rotatable bonds is 1. The Labute approximate surface area is 66.3 Å². The van der Waals surface area contributed by atoms with Crippen LogP contribution in [0.2, 0.25) is 0 Å². The Morgan fingerprint density at radius 3 is 2.64 bits per heavy atom. The van der Waals surface area contributed by atoms with Crippen molar-refractivity contribution in [2.45, 2.75) is 6.04 Å².